The molecule has 1 aliphatic heterocycles. The van der Waals surface area contributed by atoms with E-state index < -0.39 is 5.97 Å². The van der Waals surface area contributed by atoms with Crippen molar-refractivity contribution in [3.8, 4) is 6.07 Å². The monoisotopic (exact) mass is 343 g/mol. The summed E-state index contributed by atoms with van der Waals surface area (Å²) in [6.45, 7) is 2.91. The molecular formula is C18H21N3O4. The molecule has 0 saturated carbocycles. The second-order valence-corrected chi connectivity index (χ2v) is 5.46. The van der Waals surface area contributed by atoms with Crippen molar-refractivity contribution in [2.75, 3.05) is 18.5 Å². The van der Waals surface area contributed by atoms with Gasteiger partial charge in [0.05, 0.1) is 6.61 Å². The quantitative estimate of drug-likeness (QED) is 0.445. The predicted molar refractivity (Wildman–Crippen MR) is 91.2 cm³/mol. The number of esters is 1. The minimum absolute atomic E-state index is 0.0929. The molecule has 7 heteroatoms. The molecule has 1 aliphatic rings. The third kappa shape index (κ3) is 5.62. The summed E-state index contributed by atoms with van der Waals surface area (Å²) in [6, 6.07) is 9.11. The van der Waals surface area contributed by atoms with Crippen LogP contribution in [0, 0.1) is 11.3 Å². The lowest BCUT2D eigenvalue weighted by molar-refractivity contribution is -0.138. The number of amides is 1. The fourth-order valence-corrected chi connectivity index (χ4v) is 2.38. The highest BCUT2D eigenvalue weighted by Gasteiger charge is 2.23. The Morgan fingerprint density at radius 2 is 2.32 bits per heavy atom. The van der Waals surface area contributed by atoms with Gasteiger partial charge in [-0.3, -0.25) is 4.79 Å². The number of ether oxygens (including phenoxy) is 2. The topological polar surface area (TPSA) is 100 Å². The van der Waals surface area contributed by atoms with Gasteiger partial charge in [-0.05, 0) is 37.5 Å². The van der Waals surface area contributed by atoms with E-state index in [9.17, 15) is 9.59 Å². The number of carbonyl (C=O) groups excluding carboxylic acids is 2. The highest BCUT2D eigenvalue weighted by Crippen LogP contribution is 2.16. The molecule has 1 aromatic carbocycles. The number of hydrogen-bond acceptors (Lipinski definition) is 6. The molecule has 0 aliphatic carbocycles. The number of carbonyl (C=O) groups is 2. The van der Waals surface area contributed by atoms with Gasteiger partial charge in [0.1, 0.15) is 12.2 Å². The zero-order chi connectivity index (χ0) is 18.1. The van der Waals surface area contributed by atoms with Crippen molar-refractivity contribution in [1.29, 1.82) is 5.26 Å². The molecular weight excluding hydrogens is 322 g/mol. The van der Waals surface area contributed by atoms with E-state index in [2.05, 4.69) is 10.6 Å². The fourth-order valence-electron chi connectivity index (χ4n) is 2.38. The Labute approximate surface area is 146 Å². The van der Waals surface area contributed by atoms with Gasteiger partial charge in [0.2, 0.25) is 0 Å². The van der Waals surface area contributed by atoms with Crippen LogP contribution < -0.4 is 10.6 Å². The molecule has 2 rings (SSSR count). The first-order chi connectivity index (χ1) is 12.1. The van der Waals surface area contributed by atoms with Gasteiger partial charge < -0.3 is 20.1 Å². The Kier molecular flexibility index (Phi) is 6.99. The summed E-state index contributed by atoms with van der Waals surface area (Å²) in [5, 5.41) is 14.7. The molecule has 1 saturated heterocycles. The molecule has 1 fully saturated rings. The van der Waals surface area contributed by atoms with E-state index in [1.54, 1.807) is 19.1 Å². The molecule has 1 unspecified atom stereocenters. The average molecular weight is 343 g/mol. The van der Waals surface area contributed by atoms with Crippen molar-refractivity contribution < 1.29 is 19.1 Å². The van der Waals surface area contributed by atoms with Crippen molar-refractivity contribution >= 4 is 17.6 Å². The Balaban J connectivity index is 1.91. The van der Waals surface area contributed by atoms with E-state index in [0.29, 0.717) is 18.8 Å². The predicted octanol–water partition coefficient (Wildman–Crippen LogP) is 1.86. The molecule has 25 heavy (non-hydrogen) atoms. The summed E-state index contributed by atoms with van der Waals surface area (Å²) in [4.78, 5) is 23.6. The molecule has 1 heterocycles. The molecule has 0 spiro atoms. The second kappa shape index (κ2) is 9.45. The molecule has 1 atom stereocenters. The first-order valence-corrected chi connectivity index (χ1v) is 8.16. The van der Waals surface area contributed by atoms with E-state index >= 15 is 0 Å². The largest absolute Gasteiger partial charge is 0.462 e. The van der Waals surface area contributed by atoms with Gasteiger partial charge in [-0.25, -0.2) is 4.79 Å². The smallest absolute Gasteiger partial charge is 0.350 e. The van der Waals surface area contributed by atoms with Crippen LogP contribution in [0.15, 0.2) is 36.0 Å². The van der Waals surface area contributed by atoms with E-state index in [4.69, 9.17) is 14.7 Å². The lowest BCUT2D eigenvalue weighted by atomic mass is 10.2. The summed E-state index contributed by atoms with van der Waals surface area (Å²) < 4.78 is 10.1. The Morgan fingerprint density at radius 1 is 1.48 bits per heavy atom. The third-order valence-electron chi connectivity index (χ3n) is 3.59. The van der Waals surface area contributed by atoms with Crippen LogP contribution in [-0.4, -0.2) is 31.2 Å². The highest BCUT2D eigenvalue weighted by atomic mass is 16.5. The summed E-state index contributed by atoms with van der Waals surface area (Å²) in [7, 11) is 0. The number of nitriles is 1. The van der Waals surface area contributed by atoms with Crippen LogP contribution in [0.3, 0.4) is 0 Å². The van der Waals surface area contributed by atoms with Gasteiger partial charge in [0, 0.05) is 25.0 Å². The van der Waals surface area contributed by atoms with E-state index in [-0.39, 0.29) is 24.2 Å². The first-order valence-electron chi connectivity index (χ1n) is 8.16. The Bertz CT molecular complexity index is 688. The van der Waals surface area contributed by atoms with Gasteiger partial charge in [-0.15, -0.1) is 0 Å². The summed E-state index contributed by atoms with van der Waals surface area (Å²) in [5.41, 5.74) is 1.47. The van der Waals surface area contributed by atoms with Gasteiger partial charge in [0.25, 0.3) is 5.91 Å². The number of hydrogen-bond donors (Lipinski definition) is 2. The zero-order valence-electron chi connectivity index (χ0n) is 14.1. The number of benzene rings is 1. The zero-order valence-corrected chi connectivity index (χ0v) is 14.1. The Hall–Kier alpha value is -2.85. The number of nitrogens with one attached hydrogen (secondary N) is 2. The average Bonchev–Trinajstić information content (AvgIpc) is 3.14. The maximum Gasteiger partial charge on any atom is 0.350 e. The van der Waals surface area contributed by atoms with Crippen molar-refractivity contribution in [1.82, 2.24) is 5.32 Å². The van der Waals surface area contributed by atoms with Crippen LogP contribution in [0.5, 0.6) is 0 Å². The highest BCUT2D eigenvalue weighted by molar-refractivity contribution is 5.94. The minimum Gasteiger partial charge on any atom is -0.462 e. The van der Waals surface area contributed by atoms with Crippen molar-refractivity contribution in [2.45, 2.75) is 32.4 Å². The standard InChI is InChI=1S/C18H21N3O4/c1-2-24-18(23)14(10-19)12-20-11-13-5-3-6-15(9-13)21-17(22)16-7-4-8-25-16/h3,5-6,9,12,16,20H,2,4,7-8,11H2,1H3,(H,21,22). The summed E-state index contributed by atoms with van der Waals surface area (Å²) >= 11 is 0. The van der Waals surface area contributed by atoms with Crippen LogP contribution >= 0.6 is 0 Å². The maximum atomic E-state index is 12.1. The molecule has 1 aromatic rings. The minimum atomic E-state index is -0.657. The molecule has 0 aromatic heterocycles. The second-order valence-electron chi connectivity index (χ2n) is 5.46. The Morgan fingerprint density at radius 3 is 3.00 bits per heavy atom. The van der Waals surface area contributed by atoms with Crippen LogP contribution in [0.2, 0.25) is 0 Å². The van der Waals surface area contributed by atoms with E-state index in [1.165, 1.54) is 6.20 Å². The van der Waals surface area contributed by atoms with Gasteiger partial charge in [0.15, 0.2) is 5.57 Å². The van der Waals surface area contributed by atoms with Crippen LogP contribution in [0.1, 0.15) is 25.3 Å². The normalized spacial score (nSPS) is 16.8. The molecule has 0 radical (unpaired) electrons. The molecule has 0 bridgehead atoms. The number of rotatable bonds is 7. The van der Waals surface area contributed by atoms with Crippen molar-refractivity contribution in [2.24, 2.45) is 0 Å². The van der Waals surface area contributed by atoms with Gasteiger partial charge in [-0.2, -0.15) is 5.26 Å². The van der Waals surface area contributed by atoms with Gasteiger partial charge in [-0.1, -0.05) is 12.1 Å². The third-order valence-corrected chi connectivity index (χ3v) is 3.59. The van der Waals surface area contributed by atoms with E-state index in [0.717, 1.165) is 18.4 Å². The summed E-state index contributed by atoms with van der Waals surface area (Å²) in [5.74, 6) is -0.799. The fraction of sp³-hybridized carbons (Fsp3) is 0.389. The van der Waals surface area contributed by atoms with Crippen LogP contribution in [0.25, 0.3) is 0 Å². The molecule has 7 nitrogen and oxygen atoms in total. The van der Waals surface area contributed by atoms with Crippen molar-refractivity contribution in [3.63, 3.8) is 0 Å². The number of nitrogens with zero attached hydrogens (tertiary/aromatic N) is 1. The maximum absolute atomic E-state index is 12.1. The first kappa shape index (κ1) is 18.5. The molecule has 1 amide bonds. The summed E-state index contributed by atoms with van der Waals surface area (Å²) in [6.07, 6.45) is 2.58. The number of anilines is 1. The van der Waals surface area contributed by atoms with Crippen molar-refractivity contribution in [3.05, 3.63) is 41.6 Å². The van der Waals surface area contributed by atoms with Gasteiger partial charge >= 0.3 is 5.97 Å². The van der Waals surface area contributed by atoms with Crippen LogP contribution in [0.4, 0.5) is 5.69 Å². The molecule has 132 valence electrons. The van der Waals surface area contributed by atoms with Crippen LogP contribution in [-0.2, 0) is 25.6 Å². The SMILES string of the molecule is CCOC(=O)C(C#N)=CNCc1cccc(NC(=O)C2CCCO2)c1. The molecule has 2 N–H and O–H groups in total. The van der Waals surface area contributed by atoms with E-state index in [1.807, 2.05) is 18.2 Å². The lowest BCUT2D eigenvalue weighted by Crippen LogP contribution is -2.26. The lowest BCUT2D eigenvalue weighted by Gasteiger charge is -2.11.